The normalized spacial score (nSPS) is 11.5. The summed E-state index contributed by atoms with van der Waals surface area (Å²) >= 11 is 0. The molecule has 0 aliphatic heterocycles. The van der Waals surface area contributed by atoms with Gasteiger partial charge in [0, 0.05) is 32.1 Å². The van der Waals surface area contributed by atoms with E-state index in [9.17, 15) is 0 Å². The smallest absolute Gasteiger partial charge is 0.250 e. The van der Waals surface area contributed by atoms with Crippen LogP contribution in [-0.4, -0.2) is 11.4 Å². The number of rotatable bonds is 69. The van der Waals surface area contributed by atoms with Crippen molar-refractivity contribution in [3.05, 3.63) is 59.7 Å². The summed E-state index contributed by atoms with van der Waals surface area (Å²) in [6.07, 6.45) is 92.5. The fourth-order valence-corrected chi connectivity index (χ4v) is 13.8. The van der Waals surface area contributed by atoms with Crippen molar-refractivity contribution in [3.8, 4) is 35.5 Å². The molecule has 548 valence electrons. The Morgan fingerprint density at radius 1 is 0.240 bits per heavy atom. The van der Waals surface area contributed by atoms with Gasteiger partial charge < -0.3 is 0 Å². The van der Waals surface area contributed by atoms with Crippen LogP contribution < -0.4 is 0 Å². The maximum Gasteiger partial charge on any atom is 2.00 e. The van der Waals surface area contributed by atoms with E-state index >= 15 is 0 Å². The molecule has 0 saturated heterocycles. The third-order valence-electron chi connectivity index (χ3n) is 20.2. The Kier molecular flexibility index (Phi) is 72.1. The van der Waals surface area contributed by atoms with Gasteiger partial charge in [0.1, 0.15) is 5.71 Å². The quantitative estimate of drug-likeness (QED) is 0.0273. The predicted octanol–water partition coefficient (Wildman–Crippen LogP) is 31.8. The fraction of sp³-hybridized carbons (Fsp3) is 0.785. The van der Waals surface area contributed by atoms with Gasteiger partial charge >= 0.3 is 16.5 Å². The van der Waals surface area contributed by atoms with Gasteiger partial charge in [0.2, 0.25) is 0 Å². The Morgan fingerprint density at radius 3 is 0.729 bits per heavy atom. The van der Waals surface area contributed by atoms with Gasteiger partial charge in [-0.3, -0.25) is 4.99 Å². The Labute approximate surface area is 611 Å². The summed E-state index contributed by atoms with van der Waals surface area (Å²) in [5.74, 6) is 21.5. The van der Waals surface area contributed by atoms with E-state index in [-0.39, 0.29) is 16.5 Å². The van der Waals surface area contributed by atoms with Crippen LogP contribution in [0, 0.1) is 35.5 Å². The molecule has 0 radical (unpaired) electrons. The van der Waals surface area contributed by atoms with Crippen molar-refractivity contribution in [2.75, 3.05) is 0 Å². The van der Waals surface area contributed by atoms with Crippen molar-refractivity contribution in [2.24, 2.45) is 9.98 Å². The average molecular weight is 1360 g/mol. The van der Waals surface area contributed by atoms with E-state index in [1.807, 2.05) is 0 Å². The van der Waals surface area contributed by atoms with Crippen molar-refractivity contribution < 1.29 is 16.5 Å². The SMILES string of the molecule is CCCCCCCCCCCCCCCCCCC#CCCCc1ccccc1N=C(C#CCCCCCCCCCCCCCCCCCCCCCCCCCCC)C(CCCC)=Nc1ccccc1CCCC#CCCCCCCCCCCCCCCCCCC.[Ni+2]. The topological polar surface area (TPSA) is 24.7 Å². The number of hydrogen-bond donors (Lipinski definition) is 0. The number of aryl methyl sites for hydroxylation is 2. The summed E-state index contributed by atoms with van der Waals surface area (Å²) in [6.45, 7) is 9.22. The number of benzene rings is 2. The van der Waals surface area contributed by atoms with Crippen molar-refractivity contribution in [1.82, 2.24) is 0 Å². The molecule has 96 heavy (non-hydrogen) atoms. The maximum absolute atomic E-state index is 5.53. The molecule has 0 amide bonds. The van der Waals surface area contributed by atoms with Gasteiger partial charge in [-0.1, -0.05) is 423 Å². The standard InChI is InChI=1S/C93H158N2.Ni/c1-5-9-13-16-19-22-25-28-31-34-37-40-41-42-43-44-45-48-51-54-57-60-63-66-69-72-75-87-93(95-91-86-79-77-83-89(91)81-74-71-68-65-62-59-56-53-50-47-39-36-33-30-27-24-21-18-15-11-7-3)92(84-12-8-4)94-90-85-78-76-82-88(90)80-73-70-67-64-61-58-55-52-49-46-38-35-32-29-26-23-20-17-14-10-6-2;/h76-79,82-83,85-86H,5-63,66,69-74,80-81,84H2,1-4H3;/q;+2. The summed E-state index contributed by atoms with van der Waals surface area (Å²) in [7, 11) is 0. The predicted molar refractivity (Wildman–Crippen MR) is 430 cm³/mol. The van der Waals surface area contributed by atoms with Crippen LogP contribution in [0.4, 0.5) is 11.4 Å². The molecule has 0 aliphatic rings. The van der Waals surface area contributed by atoms with Gasteiger partial charge in [-0.15, -0.1) is 23.7 Å². The van der Waals surface area contributed by atoms with Crippen LogP contribution in [0.5, 0.6) is 0 Å². The van der Waals surface area contributed by atoms with E-state index in [0.717, 1.165) is 106 Å². The van der Waals surface area contributed by atoms with E-state index in [0.29, 0.717) is 0 Å². The van der Waals surface area contributed by atoms with Crippen molar-refractivity contribution in [1.29, 1.82) is 0 Å². The van der Waals surface area contributed by atoms with Crippen LogP contribution in [0.1, 0.15) is 469 Å². The van der Waals surface area contributed by atoms with Gasteiger partial charge in [0.25, 0.3) is 0 Å². The van der Waals surface area contributed by atoms with Gasteiger partial charge in [0.15, 0.2) is 0 Å². The summed E-state index contributed by atoms with van der Waals surface area (Å²) < 4.78 is 0. The van der Waals surface area contributed by atoms with Crippen LogP contribution in [-0.2, 0) is 29.3 Å². The first-order valence-corrected chi connectivity index (χ1v) is 43.0. The molecule has 2 aromatic carbocycles. The molecule has 2 aromatic rings. The van der Waals surface area contributed by atoms with Gasteiger partial charge in [-0.2, -0.15) is 0 Å². The summed E-state index contributed by atoms with van der Waals surface area (Å²) in [5, 5.41) is 0. The third-order valence-corrected chi connectivity index (χ3v) is 20.2. The molecule has 2 nitrogen and oxygen atoms in total. The van der Waals surface area contributed by atoms with Crippen molar-refractivity contribution >= 4 is 22.8 Å². The van der Waals surface area contributed by atoms with E-state index in [1.54, 1.807) is 0 Å². The average Bonchev–Trinajstić information content (AvgIpc) is 0.950. The monoisotopic (exact) mass is 1360 g/mol. The van der Waals surface area contributed by atoms with Gasteiger partial charge in [-0.25, -0.2) is 4.99 Å². The largest absolute Gasteiger partial charge is 2.00 e. The zero-order chi connectivity index (χ0) is 67.6. The van der Waals surface area contributed by atoms with Crippen molar-refractivity contribution in [3.63, 3.8) is 0 Å². The third kappa shape index (κ3) is 60.9. The Morgan fingerprint density at radius 2 is 0.458 bits per heavy atom. The molecule has 0 aromatic heterocycles. The van der Waals surface area contributed by atoms with E-state index in [4.69, 9.17) is 9.98 Å². The molecule has 0 aliphatic carbocycles. The summed E-state index contributed by atoms with van der Waals surface area (Å²) in [4.78, 5) is 11.0. The van der Waals surface area contributed by atoms with Crippen LogP contribution in [0.3, 0.4) is 0 Å². The number of aliphatic imine (C=N–C) groups is 2. The maximum atomic E-state index is 5.53. The number of para-hydroxylation sites is 2. The molecule has 0 saturated carbocycles. The number of unbranched alkanes of at least 4 members (excludes halogenated alkanes) is 60. The first kappa shape index (κ1) is 91.0. The number of nitrogens with zero attached hydrogens (tertiary/aromatic N) is 2. The minimum Gasteiger partial charge on any atom is -0.250 e. The molecule has 0 spiro atoms. The van der Waals surface area contributed by atoms with Crippen LogP contribution >= 0.6 is 0 Å². The fourth-order valence-electron chi connectivity index (χ4n) is 13.8. The van der Waals surface area contributed by atoms with Crippen LogP contribution in [0.2, 0.25) is 0 Å². The molecular formula is C93H158N2Ni+2. The zero-order valence-electron chi connectivity index (χ0n) is 64.6. The first-order chi connectivity index (χ1) is 47.2. The molecule has 0 fully saturated rings. The minimum atomic E-state index is 0. The molecule has 0 bridgehead atoms. The molecule has 0 atom stereocenters. The second-order valence-electron chi connectivity index (χ2n) is 29.4. The second kappa shape index (κ2) is 76.1. The molecule has 0 unspecified atom stereocenters. The molecular weight excluding hydrogens is 1200 g/mol. The van der Waals surface area contributed by atoms with E-state index in [2.05, 4.69) is 112 Å². The number of hydrogen-bond acceptors (Lipinski definition) is 2. The van der Waals surface area contributed by atoms with Gasteiger partial charge in [0.05, 0.1) is 17.1 Å². The zero-order valence-corrected chi connectivity index (χ0v) is 65.6. The van der Waals surface area contributed by atoms with E-state index in [1.165, 1.54) is 371 Å². The van der Waals surface area contributed by atoms with E-state index < -0.39 is 0 Å². The first-order valence-electron chi connectivity index (χ1n) is 43.0. The van der Waals surface area contributed by atoms with Crippen molar-refractivity contribution in [2.45, 2.75) is 471 Å². The van der Waals surface area contributed by atoms with Crippen LogP contribution in [0.25, 0.3) is 0 Å². The summed E-state index contributed by atoms with van der Waals surface area (Å²) in [5.41, 5.74) is 6.60. The molecule has 0 heterocycles. The molecule has 3 heteroatoms. The second-order valence-corrected chi connectivity index (χ2v) is 29.4. The van der Waals surface area contributed by atoms with Gasteiger partial charge in [-0.05, 0) is 87.0 Å². The Bertz CT molecular complexity index is 2200. The Hall–Kier alpha value is -3.05. The molecule has 2 rings (SSSR count). The summed E-state index contributed by atoms with van der Waals surface area (Å²) in [6, 6.07) is 17.6. The minimum absolute atomic E-state index is 0. The van der Waals surface area contributed by atoms with Crippen LogP contribution in [0.15, 0.2) is 58.5 Å². The molecule has 0 N–H and O–H groups in total. The Balaban J connectivity index is 0.0000461.